The fourth-order valence-electron chi connectivity index (χ4n) is 1.94. The normalized spacial score (nSPS) is 13.2. The molecule has 5 heteroatoms. The molecule has 2 rings (SSSR count). The van der Waals surface area contributed by atoms with Gasteiger partial charge in [0.1, 0.15) is 11.3 Å². The van der Waals surface area contributed by atoms with E-state index < -0.39 is 0 Å². The highest BCUT2D eigenvalue weighted by Crippen LogP contribution is 2.22. The van der Waals surface area contributed by atoms with E-state index in [1.807, 2.05) is 12.1 Å². The van der Waals surface area contributed by atoms with Crippen LogP contribution in [0.1, 0.15) is 26.6 Å². The Morgan fingerprint density at radius 1 is 1.26 bits per heavy atom. The number of rotatable bonds is 5. The summed E-state index contributed by atoms with van der Waals surface area (Å²) in [5.41, 5.74) is 1.72. The van der Waals surface area contributed by atoms with E-state index in [1.165, 1.54) is 0 Å². The van der Waals surface area contributed by atoms with E-state index in [1.54, 1.807) is 7.11 Å². The zero-order valence-corrected chi connectivity index (χ0v) is 12.6. The molecule has 2 aromatic heterocycles. The van der Waals surface area contributed by atoms with Crippen LogP contribution in [0, 0.1) is 11.8 Å². The molecule has 0 aliphatic carbocycles. The topological polar surface area (TPSA) is 39.9 Å². The molecule has 1 unspecified atom stereocenters. The molecular weight excluding hydrogens is 262 g/mol. The lowest BCUT2D eigenvalue weighted by molar-refractivity contribution is 0.363. The van der Waals surface area contributed by atoms with Crippen LogP contribution < -0.4 is 4.74 Å². The highest BCUT2D eigenvalue weighted by Gasteiger charge is 2.16. The maximum absolute atomic E-state index is 6.00. The summed E-state index contributed by atoms with van der Waals surface area (Å²) in [4.78, 5) is 9.03. The zero-order valence-electron chi connectivity index (χ0n) is 11.9. The molecule has 0 aliphatic rings. The number of aromatic nitrogens is 3. The second-order valence-electron chi connectivity index (χ2n) is 5.19. The number of fused-ring (bicyclic) bond motifs is 1. The minimum atomic E-state index is 0.392. The third-order valence-corrected chi connectivity index (χ3v) is 3.82. The molecule has 0 fully saturated rings. The van der Waals surface area contributed by atoms with Gasteiger partial charge < -0.3 is 9.30 Å². The maximum Gasteiger partial charge on any atom is 0.215 e. The van der Waals surface area contributed by atoms with Gasteiger partial charge in [0.25, 0.3) is 0 Å². The second-order valence-corrected chi connectivity index (χ2v) is 5.46. The third kappa shape index (κ3) is 2.84. The number of nitrogens with zero attached hydrogens (tertiary/aromatic N) is 3. The van der Waals surface area contributed by atoms with Gasteiger partial charge >= 0.3 is 0 Å². The molecule has 0 aromatic carbocycles. The molecule has 0 radical (unpaired) electrons. The van der Waals surface area contributed by atoms with Gasteiger partial charge in [-0.15, -0.1) is 11.6 Å². The minimum Gasteiger partial charge on any atom is -0.481 e. The van der Waals surface area contributed by atoms with Crippen LogP contribution in [-0.4, -0.2) is 21.6 Å². The molecular formula is C14H20ClN3O. The van der Waals surface area contributed by atoms with E-state index in [-0.39, 0.29) is 0 Å². The van der Waals surface area contributed by atoms with Gasteiger partial charge in [0.05, 0.1) is 13.0 Å². The molecule has 104 valence electrons. The van der Waals surface area contributed by atoms with Crippen molar-refractivity contribution >= 4 is 22.8 Å². The van der Waals surface area contributed by atoms with Crippen molar-refractivity contribution in [2.45, 2.75) is 33.2 Å². The predicted octanol–water partition coefficient (Wildman–Crippen LogP) is 3.47. The SMILES string of the molecule is COc1ccc2nc(CCl)n(CC(C)C(C)C)c2n1. The average molecular weight is 282 g/mol. The van der Waals surface area contributed by atoms with E-state index in [0.717, 1.165) is 23.5 Å². The van der Waals surface area contributed by atoms with Gasteiger partial charge in [-0.2, -0.15) is 4.98 Å². The Kier molecular flexibility index (Phi) is 4.30. The fourth-order valence-corrected chi connectivity index (χ4v) is 2.14. The molecule has 19 heavy (non-hydrogen) atoms. The molecule has 2 heterocycles. The van der Waals surface area contributed by atoms with Gasteiger partial charge in [-0.25, -0.2) is 4.98 Å². The Labute approximate surface area is 118 Å². The van der Waals surface area contributed by atoms with Crippen LogP contribution in [0.15, 0.2) is 12.1 Å². The number of halogens is 1. The summed E-state index contributed by atoms with van der Waals surface area (Å²) in [7, 11) is 1.62. The molecule has 0 amide bonds. The van der Waals surface area contributed by atoms with Crippen molar-refractivity contribution in [3.63, 3.8) is 0 Å². The van der Waals surface area contributed by atoms with Crippen molar-refractivity contribution in [3.05, 3.63) is 18.0 Å². The van der Waals surface area contributed by atoms with Crippen molar-refractivity contribution in [2.24, 2.45) is 11.8 Å². The molecule has 0 aliphatic heterocycles. The summed E-state index contributed by atoms with van der Waals surface area (Å²) in [6, 6.07) is 3.75. The monoisotopic (exact) mass is 281 g/mol. The maximum atomic E-state index is 6.00. The lowest BCUT2D eigenvalue weighted by Crippen LogP contribution is -2.15. The summed E-state index contributed by atoms with van der Waals surface area (Å²) in [5.74, 6) is 3.00. The molecule has 0 saturated heterocycles. The highest BCUT2D eigenvalue weighted by molar-refractivity contribution is 6.16. The fraction of sp³-hybridized carbons (Fsp3) is 0.571. The summed E-state index contributed by atoms with van der Waals surface area (Å²) >= 11 is 6.00. The number of methoxy groups -OCH3 is 1. The Morgan fingerprint density at radius 3 is 2.58 bits per heavy atom. The van der Waals surface area contributed by atoms with E-state index >= 15 is 0 Å². The standard InChI is InChI=1S/C14H20ClN3O/c1-9(2)10(3)8-18-12(7-15)16-11-5-6-13(19-4)17-14(11)18/h5-6,9-10H,7-8H2,1-4H3. The van der Waals surface area contributed by atoms with Crippen LogP contribution in [0.25, 0.3) is 11.2 Å². The van der Waals surface area contributed by atoms with Crippen molar-refractivity contribution in [2.75, 3.05) is 7.11 Å². The summed E-state index contributed by atoms with van der Waals surface area (Å²) in [5, 5.41) is 0. The first kappa shape index (κ1) is 14.1. The van der Waals surface area contributed by atoms with Crippen molar-refractivity contribution in [1.29, 1.82) is 0 Å². The van der Waals surface area contributed by atoms with Crippen LogP contribution in [0.4, 0.5) is 0 Å². The number of hydrogen-bond donors (Lipinski definition) is 0. The predicted molar refractivity (Wildman–Crippen MR) is 77.6 cm³/mol. The van der Waals surface area contributed by atoms with Crippen molar-refractivity contribution < 1.29 is 4.74 Å². The Bertz CT molecular complexity index is 565. The van der Waals surface area contributed by atoms with Crippen molar-refractivity contribution in [1.82, 2.24) is 14.5 Å². The van der Waals surface area contributed by atoms with Gasteiger partial charge in [-0.3, -0.25) is 0 Å². The molecule has 0 N–H and O–H groups in total. The van der Waals surface area contributed by atoms with Gasteiger partial charge in [0.2, 0.25) is 5.88 Å². The quantitative estimate of drug-likeness (QED) is 0.788. The Balaban J connectivity index is 2.48. The van der Waals surface area contributed by atoms with Crippen molar-refractivity contribution in [3.8, 4) is 5.88 Å². The van der Waals surface area contributed by atoms with Gasteiger partial charge in [-0.1, -0.05) is 20.8 Å². The summed E-state index contributed by atoms with van der Waals surface area (Å²) in [6.07, 6.45) is 0. The number of alkyl halides is 1. The van der Waals surface area contributed by atoms with Crippen LogP contribution in [0.5, 0.6) is 5.88 Å². The molecule has 1 atom stereocenters. The van der Waals surface area contributed by atoms with Crippen LogP contribution in [0.3, 0.4) is 0 Å². The summed E-state index contributed by atoms with van der Waals surface area (Å²) in [6.45, 7) is 7.54. The first-order valence-corrected chi connectivity index (χ1v) is 7.06. The number of hydrogen-bond acceptors (Lipinski definition) is 3. The molecule has 0 saturated carbocycles. The third-order valence-electron chi connectivity index (χ3n) is 3.58. The lowest BCUT2D eigenvalue weighted by atomic mass is 9.98. The van der Waals surface area contributed by atoms with Gasteiger partial charge in [0.15, 0.2) is 5.65 Å². The second kappa shape index (κ2) is 5.78. The van der Waals surface area contributed by atoms with Crippen LogP contribution in [0.2, 0.25) is 0 Å². The van der Waals surface area contributed by atoms with Crippen LogP contribution in [-0.2, 0) is 12.4 Å². The van der Waals surface area contributed by atoms with E-state index in [2.05, 4.69) is 35.3 Å². The highest BCUT2D eigenvalue weighted by atomic mass is 35.5. The zero-order chi connectivity index (χ0) is 14.0. The van der Waals surface area contributed by atoms with Gasteiger partial charge in [-0.05, 0) is 17.9 Å². The minimum absolute atomic E-state index is 0.392. The Morgan fingerprint density at radius 2 is 2.00 bits per heavy atom. The molecule has 0 bridgehead atoms. The lowest BCUT2D eigenvalue weighted by Gasteiger charge is -2.17. The average Bonchev–Trinajstić information content (AvgIpc) is 2.75. The number of imidazole rings is 1. The Hall–Kier alpha value is -1.29. The molecule has 2 aromatic rings. The first-order chi connectivity index (χ1) is 9.06. The van der Waals surface area contributed by atoms with E-state index in [0.29, 0.717) is 23.6 Å². The number of pyridine rings is 1. The number of ether oxygens (including phenoxy) is 1. The van der Waals surface area contributed by atoms with Gasteiger partial charge in [0, 0.05) is 12.6 Å². The smallest absolute Gasteiger partial charge is 0.215 e. The molecule has 4 nitrogen and oxygen atoms in total. The van der Waals surface area contributed by atoms with E-state index in [9.17, 15) is 0 Å². The largest absolute Gasteiger partial charge is 0.481 e. The van der Waals surface area contributed by atoms with Crippen LogP contribution >= 0.6 is 11.6 Å². The summed E-state index contributed by atoms with van der Waals surface area (Å²) < 4.78 is 7.29. The van der Waals surface area contributed by atoms with E-state index in [4.69, 9.17) is 16.3 Å². The first-order valence-electron chi connectivity index (χ1n) is 6.53. The molecule has 0 spiro atoms.